The third-order valence-corrected chi connectivity index (χ3v) is 1.42. The third kappa shape index (κ3) is 2.78. The molecule has 0 spiro atoms. The quantitative estimate of drug-likeness (QED) is 0.685. The summed E-state index contributed by atoms with van der Waals surface area (Å²) in [5.74, 6) is 0.685. The predicted octanol–water partition coefficient (Wildman–Crippen LogP) is 2.15. The molecule has 0 aliphatic carbocycles. The molecule has 2 nitrogen and oxygen atoms in total. The highest BCUT2D eigenvalue weighted by atomic mass is 35.5. The van der Waals surface area contributed by atoms with Gasteiger partial charge < -0.3 is 4.74 Å². The molecule has 0 bridgehead atoms. The second-order valence-corrected chi connectivity index (χ2v) is 2.44. The first kappa shape index (κ1) is 8.37. The summed E-state index contributed by atoms with van der Waals surface area (Å²) in [5.41, 5.74) is 0. The first-order chi connectivity index (χ1) is 5.33. The average Bonchev–Trinajstić information content (AvgIpc) is 2.04. The minimum Gasteiger partial charge on any atom is -0.491 e. The largest absolute Gasteiger partial charge is 0.491 e. The molecule has 0 heterocycles. The molecule has 0 unspecified atom stereocenters. The molecule has 0 fully saturated rings. The maximum Gasteiger partial charge on any atom is 0.119 e. The van der Waals surface area contributed by atoms with Crippen LogP contribution in [-0.2, 0) is 5.11 Å². The van der Waals surface area contributed by atoms with Gasteiger partial charge in [-0.15, -0.1) is 0 Å². The van der Waals surface area contributed by atoms with Gasteiger partial charge in [-0.2, -0.15) is 0 Å². The van der Waals surface area contributed by atoms with Crippen molar-refractivity contribution in [3.63, 3.8) is 0 Å². The highest BCUT2D eigenvalue weighted by molar-refractivity contribution is 6.30. The molecule has 1 rings (SSSR count). The fourth-order valence-electron chi connectivity index (χ4n) is 0.690. The fourth-order valence-corrected chi connectivity index (χ4v) is 0.816. The summed E-state index contributed by atoms with van der Waals surface area (Å²) < 4.78 is 5.04. The van der Waals surface area contributed by atoms with Crippen LogP contribution in [0.2, 0.25) is 5.02 Å². The van der Waals surface area contributed by atoms with Crippen molar-refractivity contribution in [3.8, 4) is 5.75 Å². The van der Waals surface area contributed by atoms with E-state index in [-0.39, 0.29) is 13.2 Å². The Morgan fingerprint density at radius 2 is 1.91 bits per heavy atom. The van der Waals surface area contributed by atoms with E-state index < -0.39 is 0 Å². The molecule has 0 saturated heterocycles. The molecular formula is C8H8ClO2. The van der Waals surface area contributed by atoms with Crippen LogP contribution in [0.1, 0.15) is 0 Å². The lowest BCUT2D eigenvalue weighted by Crippen LogP contribution is -1.99. The summed E-state index contributed by atoms with van der Waals surface area (Å²) in [7, 11) is 0. The molecule has 0 atom stereocenters. The van der Waals surface area contributed by atoms with Gasteiger partial charge in [0.25, 0.3) is 0 Å². The van der Waals surface area contributed by atoms with E-state index in [9.17, 15) is 5.11 Å². The van der Waals surface area contributed by atoms with E-state index in [0.29, 0.717) is 10.8 Å². The molecule has 11 heavy (non-hydrogen) atoms. The summed E-state index contributed by atoms with van der Waals surface area (Å²) >= 11 is 5.63. The first-order valence-electron chi connectivity index (χ1n) is 3.29. The number of hydrogen-bond acceptors (Lipinski definition) is 1. The van der Waals surface area contributed by atoms with Crippen LogP contribution in [0.3, 0.4) is 0 Å². The number of rotatable bonds is 3. The molecule has 0 aromatic heterocycles. The van der Waals surface area contributed by atoms with E-state index in [0.717, 1.165) is 0 Å². The maximum absolute atomic E-state index is 10.0. The third-order valence-electron chi connectivity index (χ3n) is 1.17. The van der Waals surface area contributed by atoms with Crippen LogP contribution in [0.4, 0.5) is 0 Å². The maximum atomic E-state index is 10.0. The summed E-state index contributed by atoms with van der Waals surface area (Å²) in [5, 5.41) is 10.7. The monoisotopic (exact) mass is 171 g/mol. The molecular weight excluding hydrogens is 164 g/mol. The Morgan fingerprint density at radius 3 is 2.45 bits per heavy atom. The van der Waals surface area contributed by atoms with Gasteiger partial charge in [0.05, 0.1) is 0 Å². The summed E-state index contributed by atoms with van der Waals surface area (Å²) in [6.45, 7) is -0.00966. The summed E-state index contributed by atoms with van der Waals surface area (Å²) in [6.07, 6.45) is 0. The lowest BCUT2D eigenvalue weighted by molar-refractivity contribution is 0.138. The molecule has 59 valence electrons. The lowest BCUT2D eigenvalue weighted by atomic mass is 10.3. The van der Waals surface area contributed by atoms with Gasteiger partial charge in [0.1, 0.15) is 19.0 Å². The van der Waals surface area contributed by atoms with Gasteiger partial charge in [-0.3, -0.25) is 0 Å². The van der Waals surface area contributed by atoms with Gasteiger partial charge in [0, 0.05) is 5.02 Å². The Balaban J connectivity index is 2.52. The van der Waals surface area contributed by atoms with Crippen molar-refractivity contribution in [2.75, 3.05) is 13.2 Å². The summed E-state index contributed by atoms with van der Waals surface area (Å²) in [4.78, 5) is 0. The van der Waals surface area contributed by atoms with Crippen LogP contribution in [-0.4, -0.2) is 13.2 Å². The van der Waals surface area contributed by atoms with Gasteiger partial charge in [0.2, 0.25) is 0 Å². The Hall–Kier alpha value is -0.730. The normalized spacial score (nSPS) is 9.64. The van der Waals surface area contributed by atoms with Crippen LogP contribution >= 0.6 is 11.6 Å². The topological polar surface area (TPSA) is 29.1 Å². The SMILES string of the molecule is [O]CCOc1ccc(Cl)cc1. The number of benzene rings is 1. The second-order valence-electron chi connectivity index (χ2n) is 2.01. The molecule has 0 saturated carbocycles. The Morgan fingerprint density at radius 1 is 1.27 bits per heavy atom. The minimum atomic E-state index is -0.220. The van der Waals surface area contributed by atoms with E-state index in [4.69, 9.17) is 16.3 Å². The zero-order valence-corrected chi connectivity index (χ0v) is 6.67. The van der Waals surface area contributed by atoms with Crippen LogP contribution in [0.25, 0.3) is 0 Å². The molecule has 0 aliphatic rings. The van der Waals surface area contributed by atoms with Crippen molar-refractivity contribution in [2.24, 2.45) is 0 Å². The molecule has 0 amide bonds. The number of hydrogen-bond donors (Lipinski definition) is 0. The van der Waals surface area contributed by atoms with Gasteiger partial charge in [-0.05, 0) is 24.3 Å². The zero-order chi connectivity index (χ0) is 8.10. The first-order valence-corrected chi connectivity index (χ1v) is 3.67. The molecule has 1 aromatic carbocycles. The van der Waals surface area contributed by atoms with Gasteiger partial charge in [-0.25, -0.2) is 5.11 Å². The van der Waals surface area contributed by atoms with Crippen molar-refractivity contribution in [1.82, 2.24) is 0 Å². The highest BCUT2D eigenvalue weighted by Gasteiger charge is 1.91. The van der Waals surface area contributed by atoms with Crippen LogP contribution in [0, 0.1) is 0 Å². The number of ether oxygens (including phenoxy) is 1. The molecule has 0 aliphatic heterocycles. The van der Waals surface area contributed by atoms with E-state index in [1.807, 2.05) is 0 Å². The van der Waals surface area contributed by atoms with E-state index in [2.05, 4.69) is 0 Å². The minimum absolute atomic E-state index is 0.210. The molecule has 1 radical (unpaired) electrons. The van der Waals surface area contributed by atoms with Crippen molar-refractivity contribution in [1.29, 1.82) is 0 Å². The van der Waals surface area contributed by atoms with E-state index in [1.54, 1.807) is 24.3 Å². The van der Waals surface area contributed by atoms with Crippen molar-refractivity contribution in [3.05, 3.63) is 29.3 Å². The standard InChI is InChI=1S/C8H8ClO2/c9-7-1-3-8(4-2-7)11-6-5-10/h1-4H,5-6H2. The molecule has 1 aromatic rings. The second kappa shape index (κ2) is 4.21. The average molecular weight is 172 g/mol. The van der Waals surface area contributed by atoms with Crippen molar-refractivity contribution < 1.29 is 9.84 Å². The fraction of sp³-hybridized carbons (Fsp3) is 0.250. The molecule has 0 N–H and O–H groups in total. The van der Waals surface area contributed by atoms with E-state index >= 15 is 0 Å². The van der Waals surface area contributed by atoms with Crippen LogP contribution < -0.4 is 4.74 Å². The van der Waals surface area contributed by atoms with Gasteiger partial charge >= 0.3 is 0 Å². The Labute approximate surface area is 70.4 Å². The number of halogens is 1. The predicted molar refractivity (Wildman–Crippen MR) is 42.5 cm³/mol. The van der Waals surface area contributed by atoms with E-state index in [1.165, 1.54) is 0 Å². The van der Waals surface area contributed by atoms with Gasteiger partial charge in [0.15, 0.2) is 0 Å². The molecule has 3 heteroatoms. The smallest absolute Gasteiger partial charge is 0.119 e. The zero-order valence-electron chi connectivity index (χ0n) is 5.92. The van der Waals surface area contributed by atoms with Gasteiger partial charge in [-0.1, -0.05) is 11.6 Å². The lowest BCUT2D eigenvalue weighted by Gasteiger charge is -2.01. The van der Waals surface area contributed by atoms with Crippen LogP contribution in [0.5, 0.6) is 5.75 Å². The van der Waals surface area contributed by atoms with Crippen molar-refractivity contribution >= 4 is 11.6 Å². The Kier molecular flexibility index (Phi) is 3.20. The Bertz CT molecular complexity index is 208. The van der Waals surface area contributed by atoms with Crippen molar-refractivity contribution in [2.45, 2.75) is 0 Å². The summed E-state index contributed by atoms with van der Waals surface area (Å²) in [6, 6.07) is 6.92. The highest BCUT2D eigenvalue weighted by Crippen LogP contribution is 2.14. The van der Waals surface area contributed by atoms with Crippen LogP contribution in [0.15, 0.2) is 24.3 Å².